The van der Waals surface area contributed by atoms with Gasteiger partial charge in [-0.15, -0.1) is 0 Å². The first kappa shape index (κ1) is 9.92. The molecule has 72 valence electrons. The third-order valence-electron chi connectivity index (χ3n) is 2.79. The van der Waals surface area contributed by atoms with Crippen LogP contribution in [0.25, 0.3) is 0 Å². The Labute approximate surface area is 71.8 Å². The molecule has 0 spiro atoms. The fraction of sp³-hybridized carbons (Fsp3) is 1.00. The molecule has 1 fully saturated rings. The van der Waals surface area contributed by atoms with Crippen molar-refractivity contribution in [2.24, 2.45) is 5.41 Å². The number of methoxy groups -OCH3 is 1. The molecule has 12 heavy (non-hydrogen) atoms. The van der Waals surface area contributed by atoms with Crippen molar-refractivity contribution in [2.45, 2.75) is 25.0 Å². The van der Waals surface area contributed by atoms with Gasteiger partial charge < -0.3 is 20.1 Å². The van der Waals surface area contributed by atoms with Crippen molar-refractivity contribution in [1.29, 1.82) is 0 Å². The van der Waals surface area contributed by atoms with Gasteiger partial charge in [-0.2, -0.15) is 0 Å². The summed E-state index contributed by atoms with van der Waals surface area (Å²) in [6.45, 7) is -0.380. The van der Waals surface area contributed by atoms with Gasteiger partial charge in [0.15, 0.2) is 0 Å². The Morgan fingerprint density at radius 3 is 2.25 bits per heavy atom. The molecule has 0 radical (unpaired) electrons. The molecular formula is C8H16O4. The van der Waals surface area contributed by atoms with Crippen LogP contribution in [0, 0.1) is 5.41 Å². The summed E-state index contributed by atoms with van der Waals surface area (Å²) in [6, 6.07) is 0. The van der Waals surface area contributed by atoms with E-state index in [9.17, 15) is 5.11 Å². The van der Waals surface area contributed by atoms with Crippen LogP contribution >= 0.6 is 0 Å². The molecule has 0 aromatic rings. The van der Waals surface area contributed by atoms with E-state index >= 15 is 0 Å². The summed E-state index contributed by atoms with van der Waals surface area (Å²) in [5.74, 6) is 0. The second kappa shape index (κ2) is 3.70. The summed E-state index contributed by atoms with van der Waals surface area (Å²) in [5, 5.41) is 27.6. The molecule has 0 saturated heterocycles. The second-order valence-electron chi connectivity index (χ2n) is 3.49. The van der Waals surface area contributed by atoms with Gasteiger partial charge >= 0.3 is 0 Å². The zero-order valence-corrected chi connectivity index (χ0v) is 7.23. The van der Waals surface area contributed by atoms with Gasteiger partial charge in [0.2, 0.25) is 0 Å². The van der Waals surface area contributed by atoms with Crippen molar-refractivity contribution in [3.05, 3.63) is 0 Å². The molecular weight excluding hydrogens is 160 g/mol. The highest BCUT2D eigenvalue weighted by Gasteiger charge is 2.46. The van der Waals surface area contributed by atoms with Gasteiger partial charge in [-0.1, -0.05) is 0 Å². The quantitative estimate of drug-likeness (QED) is 0.522. The van der Waals surface area contributed by atoms with Crippen LogP contribution in [0.5, 0.6) is 0 Å². The van der Waals surface area contributed by atoms with Gasteiger partial charge in [0.05, 0.1) is 25.4 Å². The first-order valence-corrected chi connectivity index (χ1v) is 4.11. The number of ether oxygens (including phenoxy) is 1. The Morgan fingerprint density at radius 2 is 2.00 bits per heavy atom. The molecule has 1 saturated carbocycles. The monoisotopic (exact) mass is 176 g/mol. The Hall–Kier alpha value is -0.160. The van der Waals surface area contributed by atoms with Crippen LogP contribution in [0.1, 0.15) is 12.8 Å². The Kier molecular flexibility index (Phi) is 3.06. The molecule has 2 atom stereocenters. The van der Waals surface area contributed by atoms with Crippen molar-refractivity contribution >= 4 is 0 Å². The predicted molar refractivity (Wildman–Crippen MR) is 42.6 cm³/mol. The molecule has 1 aliphatic carbocycles. The molecule has 0 heterocycles. The van der Waals surface area contributed by atoms with Crippen LogP contribution in [-0.2, 0) is 4.74 Å². The summed E-state index contributed by atoms with van der Waals surface area (Å²) >= 11 is 0. The van der Waals surface area contributed by atoms with Crippen LogP contribution in [0.15, 0.2) is 0 Å². The molecule has 1 aliphatic rings. The highest BCUT2D eigenvalue weighted by molar-refractivity contribution is 4.96. The van der Waals surface area contributed by atoms with Crippen LogP contribution in [-0.4, -0.2) is 47.9 Å². The summed E-state index contributed by atoms with van der Waals surface area (Å²) in [4.78, 5) is 0. The van der Waals surface area contributed by atoms with Crippen LogP contribution in [0.2, 0.25) is 0 Å². The first-order valence-electron chi connectivity index (χ1n) is 4.11. The van der Waals surface area contributed by atoms with Gasteiger partial charge in [-0.3, -0.25) is 0 Å². The lowest BCUT2D eigenvalue weighted by Gasteiger charge is -2.27. The minimum atomic E-state index is -0.749. The smallest absolute Gasteiger partial charge is 0.0666 e. The van der Waals surface area contributed by atoms with E-state index in [1.807, 2.05) is 0 Å². The third kappa shape index (κ3) is 1.47. The summed E-state index contributed by atoms with van der Waals surface area (Å²) < 4.78 is 5.06. The molecule has 4 heteroatoms. The van der Waals surface area contributed by atoms with E-state index in [-0.39, 0.29) is 19.3 Å². The van der Waals surface area contributed by atoms with Crippen LogP contribution in [0.3, 0.4) is 0 Å². The first-order chi connectivity index (χ1) is 5.68. The molecule has 0 amide bonds. The molecule has 3 N–H and O–H groups in total. The molecule has 0 aromatic heterocycles. The summed E-state index contributed by atoms with van der Waals surface area (Å²) in [6.07, 6.45) is 0.326. The number of hydrogen-bond acceptors (Lipinski definition) is 4. The topological polar surface area (TPSA) is 69.9 Å². The fourth-order valence-corrected chi connectivity index (χ4v) is 1.74. The largest absolute Gasteiger partial charge is 0.396 e. The van der Waals surface area contributed by atoms with E-state index in [1.54, 1.807) is 7.11 Å². The predicted octanol–water partition coefficient (Wildman–Crippen LogP) is -0.873. The lowest BCUT2D eigenvalue weighted by molar-refractivity contribution is -0.0326. The Morgan fingerprint density at radius 1 is 1.42 bits per heavy atom. The van der Waals surface area contributed by atoms with Crippen LogP contribution in [0.4, 0.5) is 0 Å². The zero-order chi connectivity index (χ0) is 9.19. The van der Waals surface area contributed by atoms with E-state index in [4.69, 9.17) is 14.9 Å². The highest BCUT2D eigenvalue weighted by Crippen LogP contribution is 2.38. The maximum atomic E-state index is 9.54. The number of hydrogen-bond donors (Lipinski definition) is 3. The Bertz CT molecular complexity index is 144. The van der Waals surface area contributed by atoms with Crippen molar-refractivity contribution < 1.29 is 20.1 Å². The van der Waals surface area contributed by atoms with Crippen molar-refractivity contribution in [3.63, 3.8) is 0 Å². The van der Waals surface area contributed by atoms with Crippen molar-refractivity contribution in [2.75, 3.05) is 20.3 Å². The van der Waals surface area contributed by atoms with E-state index in [1.165, 1.54) is 0 Å². The average Bonchev–Trinajstić information content (AvgIpc) is 2.43. The third-order valence-corrected chi connectivity index (χ3v) is 2.79. The van der Waals surface area contributed by atoms with Crippen LogP contribution < -0.4 is 0 Å². The minimum Gasteiger partial charge on any atom is -0.396 e. The molecule has 1 rings (SSSR count). The normalized spacial score (nSPS) is 34.0. The lowest BCUT2D eigenvalue weighted by Crippen LogP contribution is -2.37. The second-order valence-corrected chi connectivity index (χ2v) is 3.49. The molecule has 0 bridgehead atoms. The van der Waals surface area contributed by atoms with Crippen molar-refractivity contribution in [3.8, 4) is 0 Å². The molecule has 4 nitrogen and oxygen atoms in total. The standard InChI is InChI=1S/C8H16O4/c1-12-6-2-7(11)8(3-6,4-9)5-10/h6-7,9-11H,2-5H2,1H3/t6-,7+/m1/s1. The van der Waals surface area contributed by atoms with E-state index in [0.717, 1.165) is 0 Å². The Balaban J connectivity index is 2.65. The number of aliphatic hydroxyl groups excluding tert-OH is 3. The van der Waals surface area contributed by atoms with Crippen molar-refractivity contribution in [1.82, 2.24) is 0 Å². The van der Waals surface area contributed by atoms with E-state index < -0.39 is 11.5 Å². The maximum Gasteiger partial charge on any atom is 0.0666 e. The molecule has 0 unspecified atom stereocenters. The minimum absolute atomic E-state index is 0.0423. The zero-order valence-electron chi connectivity index (χ0n) is 7.23. The van der Waals surface area contributed by atoms with Gasteiger partial charge in [0.1, 0.15) is 0 Å². The van der Waals surface area contributed by atoms with Gasteiger partial charge in [0, 0.05) is 18.9 Å². The van der Waals surface area contributed by atoms with Gasteiger partial charge in [0.25, 0.3) is 0 Å². The van der Waals surface area contributed by atoms with Gasteiger partial charge in [-0.05, 0) is 6.42 Å². The SMILES string of the molecule is CO[C@@H]1C[C@H](O)C(CO)(CO)C1. The maximum absolute atomic E-state index is 9.54. The van der Waals surface area contributed by atoms with E-state index in [0.29, 0.717) is 12.8 Å². The molecule has 0 aromatic carbocycles. The summed E-state index contributed by atoms with van der Waals surface area (Å²) in [7, 11) is 1.57. The fourth-order valence-electron chi connectivity index (χ4n) is 1.74. The molecule has 0 aliphatic heterocycles. The summed E-state index contributed by atoms with van der Waals surface area (Å²) in [5.41, 5.74) is -0.749. The lowest BCUT2D eigenvalue weighted by atomic mass is 9.86. The highest BCUT2D eigenvalue weighted by atomic mass is 16.5. The average molecular weight is 176 g/mol. The van der Waals surface area contributed by atoms with E-state index in [2.05, 4.69) is 0 Å². The number of aliphatic hydroxyl groups is 3. The number of rotatable bonds is 3. The van der Waals surface area contributed by atoms with Gasteiger partial charge in [-0.25, -0.2) is 0 Å².